The van der Waals surface area contributed by atoms with Crippen LogP contribution in [0, 0.1) is 5.41 Å². The van der Waals surface area contributed by atoms with Gasteiger partial charge in [-0.25, -0.2) is 0 Å². The molecule has 0 unspecified atom stereocenters. The molecule has 2 N–H and O–H groups in total. The van der Waals surface area contributed by atoms with E-state index in [0.29, 0.717) is 6.54 Å². The fraction of sp³-hybridized carbons (Fsp3) is 0.923. The van der Waals surface area contributed by atoms with Gasteiger partial charge in [0, 0.05) is 18.6 Å². The summed E-state index contributed by atoms with van der Waals surface area (Å²) < 4.78 is 0. The molecule has 1 aliphatic heterocycles. The SMILES string of the molecule is CCC(CC)(CN)C(=O)N1CCCC1(C)C. The van der Waals surface area contributed by atoms with Crippen molar-refractivity contribution < 1.29 is 4.79 Å². The molecular formula is C13H26N2O. The van der Waals surface area contributed by atoms with Crippen LogP contribution in [-0.4, -0.2) is 29.4 Å². The average Bonchev–Trinajstić information content (AvgIpc) is 2.61. The van der Waals surface area contributed by atoms with Crippen LogP contribution < -0.4 is 5.73 Å². The van der Waals surface area contributed by atoms with Crippen molar-refractivity contribution >= 4 is 5.91 Å². The second-order valence-corrected chi connectivity index (χ2v) is 5.56. The van der Waals surface area contributed by atoms with Gasteiger partial charge in [-0.3, -0.25) is 4.79 Å². The molecule has 1 saturated heterocycles. The van der Waals surface area contributed by atoms with Gasteiger partial charge in [0.2, 0.25) is 5.91 Å². The van der Waals surface area contributed by atoms with Crippen LogP contribution in [0.5, 0.6) is 0 Å². The summed E-state index contributed by atoms with van der Waals surface area (Å²) in [6.07, 6.45) is 3.90. The first-order chi connectivity index (χ1) is 7.43. The molecule has 0 aromatic heterocycles. The summed E-state index contributed by atoms with van der Waals surface area (Å²) in [4.78, 5) is 14.7. The van der Waals surface area contributed by atoms with Crippen molar-refractivity contribution in [1.29, 1.82) is 0 Å². The topological polar surface area (TPSA) is 46.3 Å². The average molecular weight is 226 g/mol. The molecule has 0 radical (unpaired) electrons. The fourth-order valence-corrected chi connectivity index (χ4v) is 2.70. The third kappa shape index (κ3) is 2.10. The van der Waals surface area contributed by atoms with Gasteiger partial charge in [-0.15, -0.1) is 0 Å². The van der Waals surface area contributed by atoms with Gasteiger partial charge >= 0.3 is 0 Å². The van der Waals surface area contributed by atoms with Gasteiger partial charge in [0.05, 0.1) is 5.41 Å². The third-order valence-corrected chi connectivity index (χ3v) is 4.34. The van der Waals surface area contributed by atoms with Crippen molar-refractivity contribution in [2.45, 2.75) is 58.9 Å². The molecule has 0 spiro atoms. The maximum Gasteiger partial charge on any atom is 0.230 e. The third-order valence-electron chi connectivity index (χ3n) is 4.34. The largest absolute Gasteiger partial charge is 0.337 e. The summed E-state index contributed by atoms with van der Waals surface area (Å²) in [7, 11) is 0. The molecule has 3 nitrogen and oxygen atoms in total. The van der Waals surface area contributed by atoms with Gasteiger partial charge in [-0.1, -0.05) is 13.8 Å². The zero-order valence-corrected chi connectivity index (χ0v) is 11.2. The predicted molar refractivity (Wildman–Crippen MR) is 67.1 cm³/mol. The van der Waals surface area contributed by atoms with Crippen LogP contribution in [0.3, 0.4) is 0 Å². The molecule has 0 bridgehead atoms. The van der Waals surface area contributed by atoms with Gasteiger partial charge in [0.25, 0.3) is 0 Å². The first-order valence-corrected chi connectivity index (χ1v) is 6.45. The predicted octanol–water partition coefficient (Wildman–Crippen LogP) is 2.15. The van der Waals surface area contributed by atoms with Crippen LogP contribution in [0.1, 0.15) is 53.4 Å². The molecule has 0 aromatic carbocycles. The van der Waals surface area contributed by atoms with Crippen molar-refractivity contribution in [2.24, 2.45) is 11.1 Å². The molecule has 1 rings (SSSR count). The van der Waals surface area contributed by atoms with E-state index in [1.807, 2.05) is 4.90 Å². The normalized spacial score (nSPS) is 20.2. The highest BCUT2D eigenvalue weighted by Crippen LogP contribution is 2.35. The Balaban J connectivity index is 2.91. The second-order valence-electron chi connectivity index (χ2n) is 5.56. The number of hydrogen-bond acceptors (Lipinski definition) is 2. The van der Waals surface area contributed by atoms with Crippen LogP contribution in [0.25, 0.3) is 0 Å². The van der Waals surface area contributed by atoms with E-state index < -0.39 is 0 Å². The van der Waals surface area contributed by atoms with Crippen molar-refractivity contribution in [2.75, 3.05) is 13.1 Å². The summed E-state index contributed by atoms with van der Waals surface area (Å²) in [5.41, 5.74) is 5.52. The lowest BCUT2D eigenvalue weighted by Crippen LogP contribution is -2.52. The van der Waals surface area contributed by atoms with Crippen molar-refractivity contribution in [3.63, 3.8) is 0 Å². The Morgan fingerprint density at radius 2 is 1.94 bits per heavy atom. The Kier molecular flexibility index (Phi) is 4.00. The number of rotatable bonds is 4. The van der Waals surface area contributed by atoms with E-state index >= 15 is 0 Å². The highest BCUT2D eigenvalue weighted by atomic mass is 16.2. The van der Waals surface area contributed by atoms with Crippen molar-refractivity contribution in [3.8, 4) is 0 Å². The minimum atomic E-state index is -0.332. The molecule has 0 atom stereocenters. The number of hydrogen-bond donors (Lipinski definition) is 1. The number of carbonyl (C=O) groups is 1. The van der Waals surface area contributed by atoms with Gasteiger partial charge in [-0.05, 0) is 39.5 Å². The molecular weight excluding hydrogens is 200 g/mol. The molecule has 3 heteroatoms. The summed E-state index contributed by atoms with van der Waals surface area (Å²) in [5.74, 6) is 0.266. The highest BCUT2D eigenvalue weighted by molar-refractivity contribution is 5.84. The van der Waals surface area contributed by atoms with Gasteiger partial charge in [0.1, 0.15) is 0 Å². The molecule has 16 heavy (non-hydrogen) atoms. The molecule has 1 amide bonds. The zero-order valence-electron chi connectivity index (χ0n) is 11.2. The first-order valence-electron chi connectivity index (χ1n) is 6.45. The Hall–Kier alpha value is -0.570. The molecule has 0 aliphatic carbocycles. The lowest BCUT2D eigenvalue weighted by molar-refractivity contribution is -0.145. The van der Waals surface area contributed by atoms with E-state index in [2.05, 4.69) is 27.7 Å². The molecule has 0 saturated carbocycles. The summed E-state index contributed by atoms with van der Waals surface area (Å²) >= 11 is 0. The number of likely N-dealkylation sites (tertiary alicyclic amines) is 1. The van der Waals surface area contributed by atoms with Gasteiger partial charge < -0.3 is 10.6 Å². The lowest BCUT2D eigenvalue weighted by atomic mass is 9.80. The fourth-order valence-electron chi connectivity index (χ4n) is 2.70. The quantitative estimate of drug-likeness (QED) is 0.798. The monoisotopic (exact) mass is 226 g/mol. The minimum absolute atomic E-state index is 0.0157. The molecule has 1 fully saturated rings. The van der Waals surface area contributed by atoms with E-state index in [4.69, 9.17) is 5.73 Å². The van der Waals surface area contributed by atoms with Gasteiger partial charge in [0.15, 0.2) is 0 Å². The van der Waals surface area contributed by atoms with Crippen LogP contribution in [0.2, 0.25) is 0 Å². The molecule has 1 aliphatic rings. The first kappa shape index (κ1) is 13.5. The second kappa shape index (κ2) is 4.74. The maximum absolute atomic E-state index is 12.6. The molecule has 1 heterocycles. The van der Waals surface area contributed by atoms with Crippen molar-refractivity contribution in [3.05, 3.63) is 0 Å². The molecule has 0 aromatic rings. The minimum Gasteiger partial charge on any atom is -0.337 e. The number of nitrogens with zero attached hydrogens (tertiary/aromatic N) is 1. The van der Waals surface area contributed by atoms with Crippen LogP contribution in [0.15, 0.2) is 0 Å². The Morgan fingerprint density at radius 1 is 1.38 bits per heavy atom. The van der Waals surface area contributed by atoms with E-state index in [0.717, 1.165) is 32.2 Å². The van der Waals surface area contributed by atoms with Gasteiger partial charge in [-0.2, -0.15) is 0 Å². The zero-order chi connectivity index (χ0) is 12.4. The summed E-state index contributed by atoms with van der Waals surface area (Å²) in [6.45, 7) is 9.81. The maximum atomic E-state index is 12.6. The van der Waals surface area contributed by atoms with Crippen LogP contribution in [0.4, 0.5) is 0 Å². The Labute approximate surface area is 99.4 Å². The standard InChI is InChI=1S/C13H26N2O/c1-5-13(6-2,10-14)11(16)15-9-7-8-12(15,3)4/h5-10,14H2,1-4H3. The smallest absolute Gasteiger partial charge is 0.230 e. The number of nitrogens with two attached hydrogens (primary N) is 1. The van der Waals surface area contributed by atoms with Crippen LogP contribution in [-0.2, 0) is 4.79 Å². The van der Waals surface area contributed by atoms with E-state index in [1.165, 1.54) is 0 Å². The Morgan fingerprint density at radius 3 is 2.25 bits per heavy atom. The number of carbonyl (C=O) groups excluding carboxylic acids is 1. The molecule has 94 valence electrons. The highest BCUT2D eigenvalue weighted by Gasteiger charge is 2.43. The Bertz CT molecular complexity index is 248. The van der Waals surface area contributed by atoms with Crippen molar-refractivity contribution in [1.82, 2.24) is 4.90 Å². The number of amides is 1. The lowest BCUT2D eigenvalue weighted by Gasteiger charge is -2.39. The van der Waals surface area contributed by atoms with E-state index in [-0.39, 0.29) is 16.9 Å². The van der Waals surface area contributed by atoms with Crippen LogP contribution >= 0.6 is 0 Å². The summed E-state index contributed by atoms with van der Waals surface area (Å²) in [5, 5.41) is 0. The van der Waals surface area contributed by atoms with E-state index in [1.54, 1.807) is 0 Å². The summed E-state index contributed by atoms with van der Waals surface area (Å²) in [6, 6.07) is 0. The van der Waals surface area contributed by atoms with E-state index in [9.17, 15) is 4.79 Å².